The number of ether oxygens (including phenoxy) is 1. The number of hydrogen-bond acceptors (Lipinski definition) is 3. The Bertz CT molecular complexity index is 542. The molecule has 106 valence electrons. The fraction of sp³-hybridized carbons (Fsp3) is 0.294. The summed E-state index contributed by atoms with van der Waals surface area (Å²) in [7, 11) is 0. The Hall–Kier alpha value is -1.45. The van der Waals surface area contributed by atoms with Crippen LogP contribution in [0.15, 0.2) is 48.5 Å². The highest BCUT2D eigenvalue weighted by molar-refractivity contribution is 7.98. The highest BCUT2D eigenvalue weighted by Gasteiger charge is 2.00. The van der Waals surface area contributed by atoms with E-state index in [4.69, 9.17) is 10.5 Å². The zero-order chi connectivity index (χ0) is 14.2. The molecule has 0 aliphatic heterocycles. The van der Waals surface area contributed by atoms with Gasteiger partial charge in [0, 0.05) is 23.6 Å². The maximum atomic E-state index is 5.79. The minimum Gasteiger partial charge on any atom is -0.492 e. The number of rotatable bonds is 7. The average molecular weight is 287 g/mol. The lowest BCUT2D eigenvalue weighted by molar-refractivity contribution is 0.340. The molecule has 0 saturated heterocycles. The number of hydrogen-bond donors (Lipinski definition) is 1. The van der Waals surface area contributed by atoms with Gasteiger partial charge >= 0.3 is 0 Å². The molecule has 2 aromatic rings. The van der Waals surface area contributed by atoms with Crippen LogP contribution in [0.4, 0.5) is 0 Å². The molecular formula is C17H21NOS. The SMILES string of the molecule is Cc1cccc(CSCCOc2ccccc2CN)c1. The van der Waals surface area contributed by atoms with Crippen LogP contribution in [0.3, 0.4) is 0 Å². The molecule has 0 aliphatic rings. The molecule has 0 saturated carbocycles. The Kier molecular flexibility index (Phi) is 5.96. The summed E-state index contributed by atoms with van der Waals surface area (Å²) in [5.41, 5.74) is 9.44. The first-order chi connectivity index (χ1) is 9.79. The first kappa shape index (κ1) is 14.9. The summed E-state index contributed by atoms with van der Waals surface area (Å²) < 4.78 is 5.79. The van der Waals surface area contributed by atoms with E-state index in [-0.39, 0.29) is 0 Å². The number of nitrogens with two attached hydrogens (primary N) is 1. The average Bonchev–Trinajstić information content (AvgIpc) is 2.47. The van der Waals surface area contributed by atoms with Crippen molar-refractivity contribution in [2.24, 2.45) is 5.73 Å². The minimum absolute atomic E-state index is 0.520. The Balaban J connectivity index is 1.71. The molecular weight excluding hydrogens is 266 g/mol. The maximum absolute atomic E-state index is 5.79. The first-order valence-electron chi connectivity index (χ1n) is 6.83. The Labute approximate surface area is 125 Å². The van der Waals surface area contributed by atoms with Crippen LogP contribution in [-0.2, 0) is 12.3 Å². The highest BCUT2D eigenvalue weighted by Crippen LogP contribution is 2.18. The van der Waals surface area contributed by atoms with Gasteiger partial charge in [0.15, 0.2) is 0 Å². The molecule has 0 amide bonds. The lowest BCUT2D eigenvalue weighted by Crippen LogP contribution is -2.05. The molecule has 20 heavy (non-hydrogen) atoms. The minimum atomic E-state index is 0.520. The van der Waals surface area contributed by atoms with Gasteiger partial charge in [0.1, 0.15) is 5.75 Å². The van der Waals surface area contributed by atoms with Crippen molar-refractivity contribution >= 4 is 11.8 Å². The molecule has 2 rings (SSSR count). The summed E-state index contributed by atoms with van der Waals surface area (Å²) in [5, 5.41) is 0. The predicted molar refractivity (Wildman–Crippen MR) is 87.2 cm³/mol. The molecule has 0 aliphatic carbocycles. The lowest BCUT2D eigenvalue weighted by Gasteiger charge is -2.10. The molecule has 0 spiro atoms. The summed E-state index contributed by atoms with van der Waals surface area (Å²) in [4.78, 5) is 0. The monoisotopic (exact) mass is 287 g/mol. The summed E-state index contributed by atoms with van der Waals surface area (Å²) in [6.45, 7) is 3.36. The Morgan fingerprint density at radius 2 is 1.95 bits per heavy atom. The van der Waals surface area contributed by atoms with E-state index in [2.05, 4.69) is 31.2 Å². The van der Waals surface area contributed by atoms with E-state index in [0.717, 1.165) is 22.8 Å². The van der Waals surface area contributed by atoms with Crippen LogP contribution in [0.1, 0.15) is 16.7 Å². The van der Waals surface area contributed by atoms with Crippen LogP contribution in [0.2, 0.25) is 0 Å². The smallest absolute Gasteiger partial charge is 0.123 e. The van der Waals surface area contributed by atoms with Gasteiger partial charge in [0.05, 0.1) is 6.61 Å². The van der Waals surface area contributed by atoms with Crippen LogP contribution in [0, 0.1) is 6.92 Å². The quantitative estimate of drug-likeness (QED) is 0.787. The predicted octanol–water partition coefficient (Wildman–Crippen LogP) is 3.77. The van der Waals surface area contributed by atoms with Gasteiger partial charge in [-0.3, -0.25) is 0 Å². The number of para-hydroxylation sites is 1. The summed E-state index contributed by atoms with van der Waals surface area (Å²) in [5.74, 6) is 2.92. The second kappa shape index (κ2) is 7.98. The van der Waals surface area contributed by atoms with Gasteiger partial charge < -0.3 is 10.5 Å². The molecule has 0 fully saturated rings. The molecule has 0 heterocycles. The van der Waals surface area contributed by atoms with Crippen LogP contribution >= 0.6 is 11.8 Å². The second-order valence-electron chi connectivity index (χ2n) is 4.70. The summed E-state index contributed by atoms with van der Waals surface area (Å²) in [6.07, 6.45) is 0. The Morgan fingerprint density at radius 3 is 2.75 bits per heavy atom. The fourth-order valence-corrected chi connectivity index (χ4v) is 2.78. The van der Waals surface area contributed by atoms with Crippen LogP contribution in [0.25, 0.3) is 0 Å². The maximum Gasteiger partial charge on any atom is 0.123 e. The van der Waals surface area contributed by atoms with Gasteiger partial charge in [-0.05, 0) is 18.6 Å². The fourth-order valence-electron chi connectivity index (χ4n) is 2.02. The van der Waals surface area contributed by atoms with Crippen molar-refractivity contribution in [1.29, 1.82) is 0 Å². The van der Waals surface area contributed by atoms with E-state index >= 15 is 0 Å². The van der Waals surface area contributed by atoms with Gasteiger partial charge in [-0.1, -0.05) is 48.0 Å². The second-order valence-corrected chi connectivity index (χ2v) is 5.81. The van der Waals surface area contributed by atoms with E-state index in [1.54, 1.807) is 0 Å². The third kappa shape index (κ3) is 4.58. The molecule has 0 unspecified atom stereocenters. The van der Waals surface area contributed by atoms with Gasteiger partial charge in [-0.25, -0.2) is 0 Å². The zero-order valence-corrected chi connectivity index (χ0v) is 12.7. The first-order valence-corrected chi connectivity index (χ1v) is 7.99. The van der Waals surface area contributed by atoms with E-state index in [0.29, 0.717) is 13.2 Å². The van der Waals surface area contributed by atoms with Crippen molar-refractivity contribution < 1.29 is 4.74 Å². The summed E-state index contributed by atoms with van der Waals surface area (Å²) in [6, 6.07) is 16.6. The van der Waals surface area contributed by atoms with Crippen LogP contribution in [-0.4, -0.2) is 12.4 Å². The third-order valence-electron chi connectivity index (χ3n) is 3.03. The van der Waals surface area contributed by atoms with Crippen molar-refractivity contribution in [3.05, 3.63) is 65.2 Å². The normalized spacial score (nSPS) is 10.5. The van der Waals surface area contributed by atoms with Gasteiger partial charge in [-0.2, -0.15) is 11.8 Å². The molecule has 2 nitrogen and oxygen atoms in total. The van der Waals surface area contributed by atoms with E-state index in [9.17, 15) is 0 Å². The van der Waals surface area contributed by atoms with E-state index in [1.165, 1.54) is 11.1 Å². The zero-order valence-electron chi connectivity index (χ0n) is 11.8. The topological polar surface area (TPSA) is 35.2 Å². The van der Waals surface area contributed by atoms with Gasteiger partial charge in [-0.15, -0.1) is 0 Å². The molecule has 2 N–H and O–H groups in total. The number of benzene rings is 2. The largest absolute Gasteiger partial charge is 0.492 e. The van der Waals surface area contributed by atoms with Gasteiger partial charge in [0.25, 0.3) is 0 Å². The van der Waals surface area contributed by atoms with E-state index in [1.807, 2.05) is 36.0 Å². The Morgan fingerprint density at radius 1 is 1.10 bits per heavy atom. The molecule has 3 heteroatoms. The van der Waals surface area contributed by atoms with E-state index < -0.39 is 0 Å². The number of aryl methyl sites for hydroxylation is 1. The van der Waals surface area contributed by atoms with Crippen LogP contribution < -0.4 is 10.5 Å². The van der Waals surface area contributed by atoms with Gasteiger partial charge in [0.2, 0.25) is 0 Å². The molecule has 0 bridgehead atoms. The van der Waals surface area contributed by atoms with Crippen LogP contribution in [0.5, 0.6) is 5.75 Å². The third-order valence-corrected chi connectivity index (χ3v) is 4.02. The van der Waals surface area contributed by atoms with Crippen molar-refractivity contribution in [2.45, 2.75) is 19.2 Å². The molecule has 0 aromatic heterocycles. The highest BCUT2D eigenvalue weighted by atomic mass is 32.2. The standard InChI is InChI=1S/C17H21NOS/c1-14-5-4-6-15(11-14)13-20-10-9-19-17-8-3-2-7-16(17)12-18/h2-8,11H,9-10,12-13,18H2,1H3. The molecule has 0 radical (unpaired) electrons. The lowest BCUT2D eigenvalue weighted by atomic mass is 10.2. The van der Waals surface area contributed by atoms with Crippen molar-refractivity contribution in [3.8, 4) is 5.75 Å². The number of thioether (sulfide) groups is 1. The summed E-state index contributed by atoms with van der Waals surface area (Å²) >= 11 is 1.89. The molecule has 2 aromatic carbocycles. The van der Waals surface area contributed by atoms with Crippen molar-refractivity contribution in [2.75, 3.05) is 12.4 Å². The molecule has 0 atom stereocenters. The van der Waals surface area contributed by atoms with Crippen molar-refractivity contribution in [1.82, 2.24) is 0 Å². The van der Waals surface area contributed by atoms with Crippen molar-refractivity contribution in [3.63, 3.8) is 0 Å².